The minimum Gasteiger partial charge on any atom is -0.347 e. The lowest BCUT2D eigenvalue weighted by Crippen LogP contribution is -2.34. The zero-order valence-electron chi connectivity index (χ0n) is 10.5. The number of aromatic nitrogens is 2. The van der Waals surface area contributed by atoms with Gasteiger partial charge < -0.3 is 15.2 Å². The second-order valence-corrected chi connectivity index (χ2v) is 4.62. The highest BCUT2D eigenvalue weighted by Crippen LogP contribution is 2.30. The molecule has 5 heteroatoms. The van der Waals surface area contributed by atoms with Crippen LogP contribution in [0.25, 0.3) is 0 Å². The van der Waals surface area contributed by atoms with Gasteiger partial charge in [0.05, 0.1) is 6.04 Å². The van der Waals surface area contributed by atoms with E-state index in [1.165, 1.54) is 0 Å². The topological polar surface area (TPSA) is 61.0 Å². The smallest absolute Gasteiger partial charge is 0.322 e. The van der Waals surface area contributed by atoms with E-state index in [1.54, 1.807) is 12.4 Å². The number of para-hydroxylation sites is 1. The van der Waals surface area contributed by atoms with Crippen molar-refractivity contribution >= 4 is 11.7 Å². The first-order valence-electron chi connectivity index (χ1n) is 6.46. The summed E-state index contributed by atoms with van der Waals surface area (Å²) in [6.07, 6.45) is 5.48. The normalized spacial score (nSPS) is 18.5. The Balaban J connectivity index is 1.72. The average Bonchev–Trinajstić information content (AvgIpc) is 3.10. The van der Waals surface area contributed by atoms with E-state index < -0.39 is 0 Å². The molecule has 1 atom stereocenters. The van der Waals surface area contributed by atoms with Crippen molar-refractivity contribution in [2.24, 2.45) is 0 Å². The molecule has 0 radical (unpaired) electrons. The molecule has 2 aromatic rings. The Labute approximate surface area is 111 Å². The van der Waals surface area contributed by atoms with Crippen molar-refractivity contribution in [3.63, 3.8) is 0 Å². The van der Waals surface area contributed by atoms with Crippen LogP contribution in [0, 0.1) is 0 Å². The van der Waals surface area contributed by atoms with E-state index in [4.69, 9.17) is 0 Å². The number of amides is 2. The lowest BCUT2D eigenvalue weighted by Gasteiger charge is -2.23. The third-order valence-corrected chi connectivity index (χ3v) is 3.37. The van der Waals surface area contributed by atoms with Crippen molar-refractivity contribution in [3.05, 3.63) is 48.5 Å². The quantitative estimate of drug-likeness (QED) is 0.868. The fourth-order valence-electron chi connectivity index (χ4n) is 2.47. The van der Waals surface area contributed by atoms with Crippen LogP contribution in [-0.4, -0.2) is 27.4 Å². The van der Waals surface area contributed by atoms with Gasteiger partial charge in [0.25, 0.3) is 0 Å². The van der Waals surface area contributed by atoms with Crippen LogP contribution in [-0.2, 0) is 0 Å². The summed E-state index contributed by atoms with van der Waals surface area (Å²) in [5.74, 6) is 0.862. The van der Waals surface area contributed by atoms with Crippen LogP contribution >= 0.6 is 0 Å². The lowest BCUT2D eigenvalue weighted by molar-refractivity contribution is 0.205. The molecule has 0 saturated carbocycles. The van der Waals surface area contributed by atoms with E-state index in [1.807, 2.05) is 35.2 Å². The standard InChI is InChI=1S/C14H16N4O/c19-14(17-11-5-2-1-3-6-11)18-10-4-7-12(18)13-15-8-9-16-13/h1-3,5-6,8-9,12H,4,7,10H2,(H,15,16)(H,17,19)/t12-/m0/s1. The molecule has 19 heavy (non-hydrogen) atoms. The van der Waals surface area contributed by atoms with Crippen LogP contribution in [0.2, 0.25) is 0 Å². The van der Waals surface area contributed by atoms with Gasteiger partial charge in [0, 0.05) is 24.6 Å². The monoisotopic (exact) mass is 256 g/mol. The number of benzene rings is 1. The number of rotatable bonds is 2. The van der Waals surface area contributed by atoms with Gasteiger partial charge in [0.2, 0.25) is 0 Å². The number of carbonyl (C=O) groups is 1. The molecule has 2 N–H and O–H groups in total. The van der Waals surface area contributed by atoms with E-state index in [0.717, 1.165) is 30.9 Å². The molecule has 0 spiro atoms. The zero-order valence-corrected chi connectivity index (χ0v) is 10.5. The van der Waals surface area contributed by atoms with Gasteiger partial charge >= 0.3 is 6.03 Å². The molecule has 1 aliphatic rings. The van der Waals surface area contributed by atoms with Crippen LogP contribution in [0.15, 0.2) is 42.7 Å². The van der Waals surface area contributed by atoms with Crippen molar-refractivity contribution in [1.82, 2.24) is 14.9 Å². The summed E-state index contributed by atoms with van der Waals surface area (Å²) in [4.78, 5) is 21.5. The number of imidazole rings is 1. The number of carbonyl (C=O) groups excluding carboxylic acids is 1. The highest BCUT2D eigenvalue weighted by molar-refractivity contribution is 5.89. The van der Waals surface area contributed by atoms with Crippen molar-refractivity contribution in [1.29, 1.82) is 0 Å². The third kappa shape index (κ3) is 2.45. The molecule has 0 unspecified atom stereocenters. The fraction of sp³-hybridized carbons (Fsp3) is 0.286. The predicted octanol–water partition coefficient (Wildman–Crippen LogP) is 2.78. The Morgan fingerprint density at radius 2 is 2.21 bits per heavy atom. The van der Waals surface area contributed by atoms with Gasteiger partial charge in [-0.25, -0.2) is 9.78 Å². The minimum atomic E-state index is -0.0647. The number of H-pyrrole nitrogens is 1. The summed E-state index contributed by atoms with van der Waals surface area (Å²) >= 11 is 0. The Morgan fingerprint density at radius 3 is 2.95 bits per heavy atom. The van der Waals surface area contributed by atoms with E-state index in [0.29, 0.717) is 0 Å². The minimum absolute atomic E-state index is 0.0544. The maximum Gasteiger partial charge on any atom is 0.322 e. The van der Waals surface area contributed by atoms with Crippen LogP contribution in [0.1, 0.15) is 24.7 Å². The maximum atomic E-state index is 12.3. The zero-order chi connectivity index (χ0) is 13.1. The lowest BCUT2D eigenvalue weighted by atomic mass is 10.2. The molecule has 1 saturated heterocycles. The number of likely N-dealkylation sites (tertiary alicyclic amines) is 1. The molecule has 2 heterocycles. The molecule has 5 nitrogen and oxygen atoms in total. The molecule has 1 aromatic carbocycles. The van der Waals surface area contributed by atoms with E-state index >= 15 is 0 Å². The number of aromatic amines is 1. The van der Waals surface area contributed by atoms with Gasteiger partial charge in [-0.3, -0.25) is 0 Å². The Bertz CT molecular complexity index is 538. The van der Waals surface area contributed by atoms with Gasteiger partial charge in [-0.05, 0) is 25.0 Å². The molecular formula is C14H16N4O. The number of urea groups is 1. The summed E-state index contributed by atoms with van der Waals surface area (Å²) in [6.45, 7) is 0.768. The summed E-state index contributed by atoms with van der Waals surface area (Å²) in [7, 11) is 0. The van der Waals surface area contributed by atoms with Crippen molar-refractivity contribution in [2.45, 2.75) is 18.9 Å². The SMILES string of the molecule is O=C(Nc1ccccc1)N1CCC[C@H]1c1ncc[nH]1. The second-order valence-electron chi connectivity index (χ2n) is 4.62. The van der Waals surface area contributed by atoms with E-state index in [-0.39, 0.29) is 12.1 Å². The van der Waals surface area contributed by atoms with Crippen LogP contribution in [0.5, 0.6) is 0 Å². The van der Waals surface area contributed by atoms with Gasteiger partial charge in [0.15, 0.2) is 0 Å². The number of nitrogens with one attached hydrogen (secondary N) is 2. The molecule has 98 valence electrons. The molecule has 0 bridgehead atoms. The molecule has 3 rings (SSSR count). The average molecular weight is 256 g/mol. The summed E-state index contributed by atoms with van der Waals surface area (Å²) in [5.41, 5.74) is 0.817. The summed E-state index contributed by atoms with van der Waals surface area (Å²) in [6, 6.07) is 9.50. The first-order valence-corrected chi connectivity index (χ1v) is 6.46. The maximum absolute atomic E-state index is 12.3. The van der Waals surface area contributed by atoms with Crippen molar-refractivity contribution in [3.8, 4) is 0 Å². The first-order chi connectivity index (χ1) is 9.34. The van der Waals surface area contributed by atoms with E-state index in [2.05, 4.69) is 15.3 Å². The molecule has 1 fully saturated rings. The molecular weight excluding hydrogens is 240 g/mol. The first kappa shape index (κ1) is 11.8. The van der Waals surface area contributed by atoms with Crippen molar-refractivity contribution in [2.75, 3.05) is 11.9 Å². The number of anilines is 1. The number of nitrogens with zero attached hydrogens (tertiary/aromatic N) is 2. The predicted molar refractivity (Wildman–Crippen MR) is 72.7 cm³/mol. The van der Waals surface area contributed by atoms with Crippen LogP contribution in [0.3, 0.4) is 0 Å². The third-order valence-electron chi connectivity index (χ3n) is 3.37. The molecule has 1 aliphatic heterocycles. The highest BCUT2D eigenvalue weighted by atomic mass is 16.2. The van der Waals surface area contributed by atoms with Gasteiger partial charge in [-0.1, -0.05) is 18.2 Å². The van der Waals surface area contributed by atoms with Crippen molar-refractivity contribution < 1.29 is 4.79 Å². The van der Waals surface area contributed by atoms with Gasteiger partial charge in [-0.15, -0.1) is 0 Å². The number of hydrogen-bond acceptors (Lipinski definition) is 2. The van der Waals surface area contributed by atoms with Gasteiger partial charge in [-0.2, -0.15) is 0 Å². The Kier molecular flexibility index (Phi) is 3.18. The van der Waals surface area contributed by atoms with Crippen LogP contribution < -0.4 is 5.32 Å². The molecule has 1 aromatic heterocycles. The van der Waals surface area contributed by atoms with E-state index in [9.17, 15) is 4.79 Å². The Hall–Kier alpha value is -2.30. The second kappa shape index (κ2) is 5.14. The highest BCUT2D eigenvalue weighted by Gasteiger charge is 2.31. The molecule has 0 aliphatic carbocycles. The number of hydrogen-bond donors (Lipinski definition) is 2. The van der Waals surface area contributed by atoms with Crippen LogP contribution in [0.4, 0.5) is 10.5 Å². The fourth-order valence-corrected chi connectivity index (χ4v) is 2.47. The summed E-state index contributed by atoms with van der Waals surface area (Å²) < 4.78 is 0. The largest absolute Gasteiger partial charge is 0.347 e. The molecule has 2 amide bonds. The summed E-state index contributed by atoms with van der Waals surface area (Å²) in [5, 5.41) is 2.92. The Morgan fingerprint density at radius 1 is 1.37 bits per heavy atom. The van der Waals surface area contributed by atoms with Gasteiger partial charge in [0.1, 0.15) is 5.82 Å².